The zero-order valence-electron chi connectivity index (χ0n) is 15.2. The Morgan fingerprint density at radius 1 is 1.07 bits per heavy atom. The van der Waals surface area contributed by atoms with Crippen LogP contribution in [0.4, 0.5) is 5.69 Å². The van der Waals surface area contributed by atoms with E-state index >= 15 is 0 Å². The molecule has 1 amide bonds. The number of nitrogens with zero attached hydrogens (tertiary/aromatic N) is 1. The number of nitro groups is 1. The average Bonchev–Trinajstić information content (AvgIpc) is 2.71. The molecule has 0 aromatic heterocycles. The Morgan fingerprint density at radius 2 is 1.68 bits per heavy atom. The molecule has 146 valence electrons. The van der Waals surface area contributed by atoms with Crippen molar-refractivity contribution in [2.45, 2.75) is 13.0 Å². The number of hydrogen-bond acceptors (Lipinski definition) is 7. The number of carbonyl (C=O) groups excluding carboxylic acids is 3. The van der Waals surface area contributed by atoms with Crippen LogP contribution in [0.5, 0.6) is 0 Å². The lowest BCUT2D eigenvalue weighted by Gasteiger charge is -2.14. The summed E-state index contributed by atoms with van der Waals surface area (Å²) in [4.78, 5) is 46.0. The van der Waals surface area contributed by atoms with E-state index in [4.69, 9.17) is 4.74 Å². The summed E-state index contributed by atoms with van der Waals surface area (Å²) in [5, 5.41) is 13.7. The molecular formula is C19H18N2O7. The van der Waals surface area contributed by atoms with Gasteiger partial charge in [0, 0.05) is 12.1 Å². The number of hydrogen-bond donors (Lipinski definition) is 1. The minimum atomic E-state index is -0.976. The monoisotopic (exact) mass is 386 g/mol. The molecule has 0 aliphatic rings. The number of carbonyl (C=O) groups is 3. The topological polar surface area (TPSA) is 125 Å². The minimum absolute atomic E-state index is 0.175. The maximum Gasteiger partial charge on any atom is 0.338 e. The van der Waals surface area contributed by atoms with Gasteiger partial charge in [0.2, 0.25) is 0 Å². The third-order valence-electron chi connectivity index (χ3n) is 3.80. The second kappa shape index (κ2) is 9.26. The summed E-state index contributed by atoms with van der Waals surface area (Å²) in [6.45, 7) is 1.20. The van der Waals surface area contributed by atoms with Crippen molar-refractivity contribution in [1.82, 2.24) is 5.32 Å². The largest absolute Gasteiger partial charge is 0.465 e. The standard InChI is InChI=1S/C19H18N2O7/c1-12(13-6-4-3-5-7-13)20-17(22)11-28-19(24)15-8-14(18(23)27-2)9-16(10-15)21(25)26/h3-10,12H,11H2,1-2H3,(H,20,22). The molecule has 0 saturated heterocycles. The fourth-order valence-electron chi connectivity index (χ4n) is 2.39. The summed E-state index contributed by atoms with van der Waals surface area (Å²) in [6, 6.07) is 11.9. The van der Waals surface area contributed by atoms with E-state index in [9.17, 15) is 24.5 Å². The lowest BCUT2D eigenvalue weighted by Crippen LogP contribution is -2.31. The van der Waals surface area contributed by atoms with E-state index in [-0.39, 0.29) is 17.2 Å². The maximum absolute atomic E-state index is 12.2. The highest BCUT2D eigenvalue weighted by molar-refractivity contribution is 5.97. The van der Waals surface area contributed by atoms with Crippen LogP contribution in [0.15, 0.2) is 48.5 Å². The number of ether oxygens (including phenoxy) is 2. The lowest BCUT2D eigenvalue weighted by atomic mass is 10.1. The number of esters is 2. The summed E-state index contributed by atoms with van der Waals surface area (Å²) in [5.74, 6) is -2.35. The van der Waals surface area contributed by atoms with Gasteiger partial charge in [-0.3, -0.25) is 14.9 Å². The van der Waals surface area contributed by atoms with E-state index in [0.29, 0.717) is 0 Å². The highest BCUT2D eigenvalue weighted by Gasteiger charge is 2.20. The second-order valence-electron chi connectivity index (χ2n) is 5.79. The first kappa shape index (κ1) is 20.6. The Hall–Kier alpha value is -3.75. The number of amides is 1. The van der Waals surface area contributed by atoms with Crippen LogP contribution < -0.4 is 5.32 Å². The van der Waals surface area contributed by atoms with Gasteiger partial charge in [-0.2, -0.15) is 0 Å². The molecule has 28 heavy (non-hydrogen) atoms. The molecule has 1 atom stereocenters. The highest BCUT2D eigenvalue weighted by Crippen LogP contribution is 2.19. The number of rotatable bonds is 7. The molecule has 9 nitrogen and oxygen atoms in total. The van der Waals surface area contributed by atoms with Gasteiger partial charge < -0.3 is 14.8 Å². The molecular weight excluding hydrogens is 368 g/mol. The average molecular weight is 386 g/mol. The third kappa shape index (κ3) is 5.37. The van der Waals surface area contributed by atoms with E-state index in [0.717, 1.165) is 30.9 Å². The van der Waals surface area contributed by atoms with Gasteiger partial charge in [0.25, 0.3) is 11.6 Å². The van der Waals surface area contributed by atoms with Crippen molar-refractivity contribution in [3.63, 3.8) is 0 Å². The smallest absolute Gasteiger partial charge is 0.338 e. The molecule has 2 aromatic rings. The van der Waals surface area contributed by atoms with Crippen molar-refractivity contribution >= 4 is 23.5 Å². The van der Waals surface area contributed by atoms with Gasteiger partial charge in [0.15, 0.2) is 6.61 Å². The van der Waals surface area contributed by atoms with Crippen LogP contribution in [-0.2, 0) is 14.3 Å². The van der Waals surface area contributed by atoms with E-state index in [1.807, 2.05) is 30.3 Å². The Labute approximate surface area is 160 Å². The van der Waals surface area contributed by atoms with E-state index in [1.165, 1.54) is 0 Å². The third-order valence-corrected chi connectivity index (χ3v) is 3.80. The molecule has 0 radical (unpaired) electrons. The van der Waals surface area contributed by atoms with Crippen LogP contribution in [0.25, 0.3) is 0 Å². The molecule has 0 bridgehead atoms. The van der Waals surface area contributed by atoms with Crippen molar-refractivity contribution in [2.75, 3.05) is 13.7 Å². The zero-order valence-corrected chi connectivity index (χ0v) is 15.2. The van der Waals surface area contributed by atoms with E-state index in [2.05, 4.69) is 10.1 Å². The van der Waals surface area contributed by atoms with Crippen molar-refractivity contribution in [2.24, 2.45) is 0 Å². The summed E-state index contributed by atoms with van der Waals surface area (Å²) in [5.41, 5.74) is -0.00936. The zero-order chi connectivity index (χ0) is 20.7. The predicted molar refractivity (Wildman–Crippen MR) is 97.7 cm³/mol. The van der Waals surface area contributed by atoms with E-state index < -0.39 is 35.1 Å². The van der Waals surface area contributed by atoms with Crippen LogP contribution in [0, 0.1) is 10.1 Å². The number of methoxy groups -OCH3 is 1. The maximum atomic E-state index is 12.2. The molecule has 1 unspecified atom stereocenters. The molecule has 2 rings (SSSR count). The van der Waals surface area contributed by atoms with Crippen LogP contribution in [0.1, 0.15) is 39.2 Å². The molecule has 2 aromatic carbocycles. The number of nitro benzene ring substituents is 1. The lowest BCUT2D eigenvalue weighted by molar-refractivity contribution is -0.384. The van der Waals surface area contributed by atoms with E-state index in [1.54, 1.807) is 6.92 Å². The molecule has 0 heterocycles. The molecule has 0 spiro atoms. The number of benzene rings is 2. The minimum Gasteiger partial charge on any atom is -0.465 e. The van der Waals surface area contributed by atoms with Gasteiger partial charge >= 0.3 is 11.9 Å². The summed E-state index contributed by atoms with van der Waals surface area (Å²) in [7, 11) is 1.11. The van der Waals surface area contributed by atoms with Gasteiger partial charge in [-0.05, 0) is 18.6 Å². The normalized spacial score (nSPS) is 11.2. The molecule has 0 saturated carbocycles. The first-order valence-electron chi connectivity index (χ1n) is 8.21. The second-order valence-corrected chi connectivity index (χ2v) is 5.79. The molecule has 0 aliphatic carbocycles. The number of nitrogens with one attached hydrogen (secondary N) is 1. The Morgan fingerprint density at radius 3 is 2.25 bits per heavy atom. The first-order chi connectivity index (χ1) is 13.3. The SMILES string of the molecule is COC(=O)c1cc(C(=O)OCC(=O)NC(C)c2ccccc2)cc([N+](=O)[O-])c1. The summed E-state index contributed by atoms with van der Waals surface area (Å²) >= 11 is 0. The van der Waals surface area contributed by atoms with Crippen LogP contribution >= 0.6 is 0 Å². The molecule has 0 fully saturated rings. The summed E-state index contributed by atoms with van der Waals surface area (Å²) < 4.78 is 9.42. The van der Waals surface area contributed by atoms with Gasteiger partial charge in [-0.1, -0.05) is 30.3 Å². The fourth-order valence-corrected chi connectivity index (χ4v) is 2.39. The van der Waals surface area contributed by atoms with Crippen molar-refractivity contribution in [3.05, 3.63) is 75.3 Å². The quantitative estimate of drug-likeness (QED) is 0.440. The molecule has 0 aliphatic heterocycles. The van der Waals surface area contributed by atoms with Crippen LogP contribution in [-0.4, -0.2) is 36.5 Å². The predicted octanol–water partition coefficient (Wildman–Crippen LogP) is 2.42. The molecule has 1 N–H and O–H groups in total. The summed E-state index contributed by atoms with van der Waals surface area (Å²) in [6.07, 6.45) is 0. The fraction of sp³-hybridized carbons (Fsp3) is 0.211. The Kier molecular flexibility index (Phi) is 6.80. The van der Waals surface area contributed by atoms with Gasteiger partial charge in [-0.15, -0.1) is 0 Å². The van der Waals surface area contributed by atoms with Crippen LogP contribution in [0.2, 0.25) is 0 Å². The highest BCUT2D eigenvalue weighted by atomic mass is 16.6. The van der Waals surface area contributed by atoms with Gasteiger partial charge in [0.05, 0.1) is 29.2 Å². The number of non-ortho nitro benzene ring substituents is 1. The Bertz CT molecular complexity index is 896. The van der Waals surface area contributed by atoms with Crippen LogP contribution in [0.3, 0.4) is 0 Å². The van der Waals surface area contributed by atoms with Crippen molar-refractivity contribution < 1.29 is 28.8 Å². The first-order valence-corrected chi connectivity index (χ1v) is 8.21. The van der Waals surface area contributed by atoms with Gasteiger partial charge in [0.1, 0.15) is 0 Å². The Balaban J connectivity index is 2.04. The molecule has 9 heteroatoms. The van der Waals surface area contributed by atoms with Crippen molar-refractivity contribution in [1.29, 1.82) is 0 Å². The van der Waals surface area contributed by atoms with Gasteiger partial charge in [-0.25, -0.2) is 9.59 Å². The van der Waals surface area contributed by atoms with Crippen molar-refractivity contribution in [3.8, 4) is 0 Å².